The second-order valence-corrected chi connectivity index (χ2v) is 7.12. The van der Waals surface area contributed by atoms with Crippen molar-refractivity contribution in [1.82, 2.24) is 24.7 Å². The Hall–Kier alpha value is -2.45. The Morgan fingerprint density at radius 1 is 1.07 bits per heavy atom. The van der Waals surface area contributed by atoms with Crippen LogP contribution in [0.4, 0.5) is 0 Å². The number of carbonyl (C=O) groups excluding carboxylic acids is 1. The molecule has 8 nitrogen and oxygen atoms in total. The third-order valence-corrected chi connectivity index (χ3v) is 5.40. The number of carbonyl (C=O) groups is 1. The molecule has 2 N–H and O–H groups in total. The maximum absolute atomic E-state index is 12.4. The number of hydrogen-bond acceptors (Lipinski definition) is 5. The fourth-order valence-electron chi connectivity index (χ4n) is 3.67. The van der Waals surface area contributed by atoms with Gasteiger partial charge in [0.15, 0.2) is 0 Å². The minimum absolute atomic E-state index is 0.173. The van der Waals surface area contributed by atoms with Crippen LogP contribution in [0.3, 0.4) is 0 Å². The molecule has 0 unspecified atom stereocenters. The molecule has 1 aromatic heterocycles. The highest BCUT2D eigenvalue weighted by molar-refractivity contribution is 5.97. The number of amides is 1. The minimum Gasteiger partial charge on any atom is -0.352 e. The molecule has 0 aliphatic carbocycles. The van der Waals surface area contributed by atoms with Crippen LogP contribution in [0.1, 0.15) is 30.6 Å². The van der Waals surface area contributed by atoms with Crippen molar-refractivity contribution >= 4 is 16.9 Å². The van der Waals surface area contributed by atoms with E-state index in [9.17, 15) is 14.4 Å². The Bertz CT molecular complexity index is 941. The van der Waals surface area contributed by atoms with Crippen molar-refractivity contribution in [2.75, 3.05) is 45.8 Å². The molecule has 1 aromatic carbocycles. The highest BCUT2D eigenvalue weighted by Gasteiger charge is 2.15. The number of aryl methyl sites for hydroxylation is 1. The Morgan fingerprint density at radius 3 is 2.46 bits per heavy atom. The van der Waals surface area contributed by atoms with E-state index < -0.39 is 11.1 Å². The normalized spacial score (nSPS) is 15.8. The molecule has 1 aliphatic heterocycles. The molecule has 1 saturated heterocycles. The van der Waals surface area contributed by atoms with E-state index in [1.165, 1.54) is 4.57 Å². The lowest BCUT2D eigenvalue weighted by molar-refractivity contribution is 0.0948. The average molecular weight is 387 g/mol. The fourth-order valence-corrected chi connectivity index (χ4v) is 3.67. The minimum atomic E-state index is -0.671. The van der Waals surface area contributed by atoms with Crippen molar-refractivity contribution in [3.63, 3.8) is 0 Å². The van der Waals surface area contributed by atoms with E-state index in [1.807, 2.05) is 6.92 Å². The van der Waals surface area contributed by atoms with Gasteiger partial charge in [-0.1, -0.05) is 6.92 Å². The SMILES string of the molecule is CCN1CCN(CCCNC(=O)c2ccc3c(c2)[nH]c(=O)c(=O)n3CC)CC1. The average Bonchev–Trinajstić information content (AvgIpc) is 2.72. The van der Waals surface area contributed by atoms with Gasteiger partial charge in [0.05, 0.1) is 11.0 Å². The second-order valence-electron chi connectivity index (χ2n) is 7.12. The molecule has 1 amide bonds. The van der Waals surface area contributed by atoms with Crippen LogP contribution in [0.15, 0.2) is 27.8 Å². The van der Waals surface area contributed by atoms with E-state index in [2.05, 4.69) is 27.0 Å². The molecule has 0 bridgehead atoms. The quantitative estimate of drug-likeness (QED) is 0.532. The largest absolute Gasteiger partial charge is 0.352 e. The summed E-state index contributed by atoms with van der Waals surface area (Å²) in [4.78, 5) is 43.6. The maximum Gasteiger partial charge on any atom is 0.316 e. The zero-order valence-electron chi connectivity index (χ0n) is 16.7. The molecule has 0 spiro atoms. The van der Waals surface area contributed by atoms with Crippen molar-refractivity contribution in [2.24, 2.45) is 0 Å². The Kier molecular flexibility index (Phi) is 6.64. The van der Waals surface area contributed by atoms with Crippen molar-refractivity contribution in [1.29, 1.82) is 0 Å². The number of aromatic nitrogens is 2. The van der Waals surface area contributed by atoms with Gasteiger partial charge in [-0.2, -0.15) is 0 Å². The van der Waals surface area contributed by atoms with Gasteiger partial charge in [-0.25, -0.2) is 0 Å². The van der Waals surface area contributed by atoms with E-state index in [0.717, 1.165) is 45.7 Å². The molecular formula is C20H29N5O3. The van der Waals surface area contributed by atoms with Crippen LogP contribution in [0.25, 0.3) is 11.0 Å². The molecule has 1 fully saturated rings. The van der Waals surface area contributed by atoms with Gasteiger partial charge in [0.1, 0.15) is 0 Å². The smallest absolute Gasteiger partial charge is 0.316 e. The summed E-state index contributed by atoms with van der Waals surface area (Å²) in [6.45, 7) is 11.5. The molecule has 0 atom stereocenters. The number of benzene rings is 1. The van der Waals surface area contributed by atoms with E-state index >= 15 is 0 Å². The van der Waals surface area contributed by atoms with Crippen molar-refractivity contribution in [3.8, 4) is 0 Å². The summed E-state index contributed by atoms with van der Waals surface area (Å²) in [5.74, 6) is -0.173. The zero-order chi connectivity index (χ0) is 20.1. The number of hydrogen-bond donors (Lipinski definition) is 2. The Balaban J connectivity index is 1.56. The molecule has 0 radical (unpaired) electrons. The predicted octanol–water partition coefficient (Wildman–Crippen LogP) is 0.467. The first-order valence-electron chi connectivity index (χ1n) is 10.0. The van der Waals surface area contributed by atoms with Gasteiger partial charge in [0.25, 0.3) is 5.91 Å². The second kappa shape index (κ2) is 9.16. The molecule has 28 heavy (non-hydrogen) atoms. The highest BCUT2D eigenvalue weighted by atomic mass is 16.2. The monoisotopic (exact) mass is 387 g/mol. The summed E-state index contributed by atoms with van der Waals surface area (Å²) < 4.78 is 1.41. The molecular weight excluding hydrogens is 358 g/mol. The molecule has 152 valence electrons. The summed E-state index contributed by atoms with van der Waals surface area (Å²) >= 11 is 0. The van der Waals surface area contributed by atoms with Crippen LogP contribution in [0.2, 0.25) is 0 Å². The lowest BCUT2D eigenvalue weighted by Gasteiger charge is -2.33. The van der Waals surface area contributed by atoms with E-state index in [0.29, 0.717) is 29.7 Å². The summed E-state index contributed by atoms with van der Waals surface area (Å²) in [5.41, 5.74) is 0.339. The summed E-state index contributed by atoms with van der Waals surface area (Å²) in [5, 5.41) is 2.94. The molecule has 3 rings (SSSR count). The third-order valence-electron chi connectivity index (χ3n) is 5.40. The number of H-pyrrole nitrogens is 1. The number of likely N-dealkylation sites (N-methyl/N-ethyl adjacent to an activating group) is 1. The lowest BCUT2D eigenvalue weighted by Crippen LogP contribution is -2.46. The summed E-state index contributed by atoms with van der Waals surface area (Å²) in [7, 11) is 0. The highest BCUT2D eigenvalue weighted by Crippen LogP contribution is 2.11. The van der Waals surface area contributed by atoms with E-state index in [1.54, 1.807) is 18.2 Å². The van der Waals surface area contributed by atoms with Crippen LogP contribution in [-0.2, 0) is 6.54 Å². The third kappa shape index (κ3) is 4.51. The van der Waals surface area contributed by atoms with Gasteiger partial charge >= 0.3 is 11.1 Å². The van der Waals surface area contributed by atoms with Crippen LogP contribution >= 0.6 is 0 Å². The van der Waals surface area contributed by atoms with Gasteiger partial charge in [-0.3, -0.25) is 14.4 Å². The number of nitrogens with zero attached hydrogens (tertiary/aromatic N) is 3. The summed E-state index contributed by atoms with van der Waals surface area (Å²) in [6, 6.07) is 5.02. The standard InChI is InChI=1S/C20H29N5O3/c1-3-23-10-12-24(13-11-23)9-5-8-21-18(26)15-6-7-17-16(14-15)22-19(27)20(28)25(17)4-2/h6-7,14H,3-5,8-13H2,1-2H3,(H,21,26)(H,22,27). The van der Waals surface area contributed by atoms with E-state index in [4.69, 9.17) is 0 Å². The van der Waals surface area contributed by atoms with Crippen LogP contribution in [0, 0.1) is 0 Å². The summed E-state index contributed by atoms with van der Waals surface area (Å²) in [6.07, 6.45) is 0.900. The lowest BCUT2D eigenvalue weighted by atomic mass is 10.1. The van der Waals surface area contributed by atoms with Crippen molar-refractivity contribution in [3.05, 3.63) is 44.5 Å². The molecule has 1 aliphatic rings. The van der Waals surface area contributed by atoms with Crippen LogP contribution in [-0.4, -0.2) is 71.1 Å². The first-order chi connectivity index (χ1) is 13.5. The number of fused-ring (bicyclic) bond motifs is 1. The number of nitrogens with one attached hydrogen (secondary N) is 2. The van der Waals surface area contributed by atoms with Gasteiger partial charge < -0.3 is 24.7 Å². The van der Waals surface area contributed by atoms with Crippen LogP contribution in [0.5, 0.6) is 0 Å². The molecule has 0 saturated carbocycles. The van der Waals surface area contributed by atoms with Crippen molar-refractivity contribution in [2.45, 2.75) is 26.8 Å². The van der Waals surface area contributed by atoms with Gasteiger partial charge in [0, 0.05) is 44.8 Å². The first kappa shape index (κ1) is 20.3. The molecule has 2 heterocycles. The molecule has 2 aromatic rings. The zero-order valence-corrected chi connectivity index (χ0v) is 16.7. The van der Waals surface area contributed by atoms with Gasteiger partial charge in [0.2, 0.25) is 0 Å². The predicted molar refractivity (Wildman–Crippen MR) is 110 cm³/mol. The fraction of sp³-hybridized carbons (Fsp3) is 0.550. The van der Waals surface area contributed by atoms with Gasteiger partial charge in [-0.15, -0.1) is 0 Å². The van der Waals surface area contributed by atoms with E-state index in [-0.39, 0.29) is 5.91 Å². The van der Waals surface area contributed by atoms with Gasteiger partial charge in [-0.05, 0) is 44.6 Å². The molecule has 8 heteroatoms. The number of rotatable bonds is 7. The van der Waals surface area contributed by atoms with Crippen LogP contribution < -0.4 is 16.4 Å². The Labute approximate surface area is 164 Å². The maximum atomic E-state index is 12.4. The van der Waals surface area contributed by atoms with Crippen molar-refractivity contribution < 1.29 is 4.79 Å². The Morgan fingerprint density at radius 2 is 1.79 bits per heavy atom. The topological polar surface area (TPSA) is 90.4 Å². The number of piperazine rings is 1. The number of aromatic amines is 1. The first-order valence-corrected chi connectivity index (χ1v) is 10.0.